The van der Waals surface area contributed by atoms with Crippen molar-refractivity contribution in [2.45, 2.75) is 46.7 Å². The van der Waals surface area contributed by atoms with E-state index in [0.717, 1.165) is 11.3 Å². The maximum atomic E-state index is 12.2. The SMILES string of the molecule is Cc1c(NC(C)C(C)C)cccc1C(=O)NC(C)C(=O)O. The van der Waals surface area contributed by atoms with Crippen molar-refractivity contribution in [1.82, 2.24) is 5.32 Å². The third kappa shape index (κ3) is 4.48. The van der Waals surface area contributed by atoms with Crippen LogP contribution in [0.2, 0.25) is 0 Å². The van der Waals surface area contributed by atoms with Gasteiger partial charge in [-0.15, -0.1) is 0 Å². The van der Waals surface area contributed by atoms with E-state index in [9.17, 15) is 9.59 Å². The number of carboxylic acid groups (broad SMARTS) is 1. The van der Waals surface area contributed by atoms with Gasteiger partial charge in [0.2, 0.25) is 0 Å². The van der Waals surface area contributed by atoms with Gasteiger partial charge in [-0.3, -0.25) is 9.59 Å². The number of carbonyl (C=O) groups is 2. The van der Waals surface area contributed by atoms with Crippen molar-refractivity contribution in [3.8, 4) is 0 Å². The zero-order chi connectivity index (χ0) is 16.2. The van der Waals surface area contributed by atoms with Crippen molar-refractivity contribution in [1.29, 1.82) is 0 Å². The molecule has 0 saturated carbocycles. The molecule has 1 aromatic rings. The van der Waals surface area contributed by atoms with E-state index in [1.165, 1.54) is 6.92 Å². The average Bonchev–Trinajstić information content (AvgIpc) is 2.40. The van der Waals surface area contributed by atoms with Crippen molar-refractivity contribution < 1.29 is 14.7 Å². The number of hydrogen-bond acceptors (Lipinski definition) is 3. The van der Waals surface area contributed by atoms with Crippen LogP contribution >= 0.6 is 0 Å². The minimum Gasteiger partial charge on any atom is -0.480 e. The summed E-state index contributed by atoms with van der Waals surface area (Å²) in [5, 5.41) is 14.7. The molecule has 0 heterocycles. The number of anilines is 1. The molecule has 0 aliphatic heterocycles. The molecule has 2 atom stereocenters. The summed E-state index contributed by atoms with van der Waals surface area (Å²) in [6.07, 6.45) is 0. The number of hydrogen-bond donors (Lipinski definition) is 3. The van der Waals surface area contributed by atoms with Crippen LogP contribution < -0.4 is 10.6 Å². The molecule has 0 aliphatic rings. The summed E-state index contributed by atoms with van der Waals surface area (Å²) in [6.45, 7) is 9.63. The van der Waals surface area contributed by atoms with Gasteiger partial charge in [-0.25, -0.2) is 0 Å². The zero-order valence-electron chi connectivity index (χ0n) is 13.2. The Morgan fingerprint density at radius 2 is 1.76 bits per heavy atom. The Labute approximate surface area is 125 Å². The molecule has 1 rings (SSSR count). The summed E-state index contributed by atoms with van der Waals surface area (Å²) in [7, 11) is 0. The highest BCUT2D eigenvalue weighted by Gasteiger charge is 2.18. The molecule has 1 amide bonds. The second-order valence-electron chi connectivity index (χ2n) is 5.69. The molecule has 0 aromatic heterocycles. The Hall–Kier alpha value is -2.04. The van der Waals surface area contributed by atoms with E-state index in [2.05, 4.69) is 31.4 Å². The Balaban J connectivity index is 2.94. The average molecular weight is 292 g/mol. The summed E-state index contributed by atoms with van der Waals surface area (Å²) in [5.74, 6) is -0.958. The van der Waals surface area contributed by atoms with E-state index < -0.39 is 12.0 Å². The first-order chi connectivity index (χ1) is 9.73. The molecule has 1 aromatic carbocycles. The van der Waals surface area contributed by atoms with Gasteiger partial charge < -0.3 is 15.7 Å². The van der Waals surface area contributed by atoms with Crippen LogP contribution in [-0.4, -0.2) is 29.1 Å². The number of rotatable bonds is 6. The number of aliphatic carboxylic acids is 1. The fourth-order valence-electron chi connectivity index (χ4n) is 1.79. The van der Waals surface area contributed by atoms with Gasteiger partial charge >= 0.3 is 5.97 Å². The van der Waals surface area contributed by atoms with E-state index in [4.69, 9.17) is 5.11 Å². The second kappa shape index (κ2) is 7.11. The molecular formula is C16H24N2O3. The molecule has 0 radical (unpaired) electrons. The van der Waals surface area contributed by atoms with E-state index in [0.29, 0.717) is 11.5 Å². The van der Waals surface area contributed by atoms with Crippen LogP contribution in [0.25, 0.3) is 0 Å². The first-order valence-electron chi connectivity index (χ1n) is 7.13. The maximum absolute atomic E-state index is 12.2. The Kier molecular flexibility index (Phi) is 5.76. The van der Waals surface area contributed by atoms with Crippen molar-refractivity contribution in [2.24, 2.45) is 5.92 Å². The number of benzene rings is 1. The lowest BCUT2D eigenvalue weighted by Crippen LogP contribution is -2.38. The van der Waals surface area contributed by atoms with Gasteiger partial charge in [0.25, 0.3) is 5.91 Å². The summed E-state index contributed by atoms with van der Waals surface area (Å²) < 4.78 is 0. The van der Waals surface area contributed by atoms with Gasteiger partial charge in [-0.05, 0) is 44.4 Å². The first kappa shape index (κ1) is 17.0. The van der Waals surface area contributed by atoms with Gasteiger partial charge in [0, 0.05) is 17.3 Å². The molecule has 116 valence electrons. The van der Waals surface area contributed by atoms with Gasteiger partial charge in [0.1, 0.15) is 6.04 Å². The van der Waals surface area contributed by atoms with Crippen LogP contribution in [0, 0.1) is 12.8 Å². The molecule has 5 nitrogen and oxygen atoms in total. The normalized spacial score (nSPS) is 13.6. The highest BCUT2D eigenvalue weighted by molar-refractivity contribution is 5.98. The van der Waals surface area contributed by atoms with Crippen LogP contribution in [0.3, 0.4) is 0 Å². The van der Waals surface area contributed by atoms with Gasteiger partial charge in [0.05, 0.1) is 0 Å². The molecule has 0 fully saturated rings. The molecule has 3 N–H and O–H groups in total. The summed E-state index contributed by atoms with van der Waals surface area (Å²) in [4.78, 5) is 23.0. The lowest BCUT2D eigenvalue weighted by atomic mass is 10.0. The lowest BCUT2D eigenvalue weighted by molar-refractivity contribution is -0.138. The lowest BCUT2D eigenvalue weighted by Gasteiger charge is -2.21. The van der Waals surface area contributed by atoms with Gasteiger partial charge in [-0.2, -0.15) is 0 Å². The Bertz CT molecular complexity index is 526. The summed E-state index contributed by atoms with van der Waals surface area (Å²) in [6, 6.07) is 4.78. The molecule has 0 saturated heterocycles. The van der Waals surface area contributed by atoms with Crippen molar-refractivity contribution in [2.75, 3.05) is 5.32 Å². The highest BCUT2D eigenvalue weighted by Crippen LogP contribution is 2.21. The van der Waals surface area contributed by atoms with E-state index in [1.54, 1.807) is 12.1 Å². The molecule has 2 unspecified atom stereocenters. The van der Waals surface area contributed by atoms with Crippen LogP contribution in [0.15, 0.2) is 18.2 Å². The van der Waals surface area contributed by atoms with Crippen LogP contribution in [0.5, 0.6) is 0 Å². The van der Waals surface area contributed by atoms with Crippen LogP contribution in [0.1, 0.15) is 43.6 Å². The minimum absolute atomic E-state index is 0.278. The number of carboxylic acids is 1. The Morgan fingerprint density at radius 1 is 1.14 bits per heavy atom. The van der Waals surface area contributed by atoms with E-state index >= 15 is 0 Å². The van der Waals surface area contributed by atoms with E-state index in [-0.39, 0.29) is 11.9 Å². The molecule has 21 heavy (non-hydrogen) atoms. The predicted molar refractivity (Wildman–Crippen MR) is 83.7 cm³/mol. The van der Waals surface area contributed by atoms with Crippen molar-refractivity contribution in [3.63, 3.8) is 0 Å². The topological polar surface area (TPSA) is 78.4 Å². The molecule has 0 bridgehead atoms. The quantitative estimate of drug-likeness (QED) is 0.753. The molecule has 0 aliphatic carbocycles. The molecular weight excluding hydrogens is 268 g/mol. The van der Waals surface area contributed by atoms with Gasteiger partial charge in [0.15, 0.2) is 0 Å². The summed E-state index contributed by atoms with van der Waals surface area (Å²) in [5.41, 5.74) is 2.20. The minimum atomic E-state index is -1.05. The third-order valence-electron chi connectivity index (χ3n) is 3.68. The first-order valence-corrected chi connectivity index (χ1v) is 7.13. The Morgan fingerprint density at radius 3 is 2.29 bits per heavy atom. The van der Waals surface area contributed by atoms with Crippen LogP contribution in [0.4, 0.5) is 5.69 Å². The standard InChI is InChI=1S/C16H24N2O3/c1-9(2)11(4)17-14-8-6-7-13(10(14)3)15(19)18-12(5)16(20)21/h6-9,11-12,17H,1-5H3,(H,18,19)(H,20,21). The maximum Gasteiger partial charge on any atom is 0.325 e. The van der Waals surface area contributed by atoms with Crippen LogP contribution in [-0.2, 0) is 4.79 Å². The highest BCUT2D eigenvalue weighted by atomic mass is 16.4. The smallest absolute Gasteiger partial charge is 0.325 e. The number of amides is 1. The molecule has 5 heteroatoms. The molecule has 0 spiro atoms. The summed E-state index contributed by atoms with van der Waals surface area (Å²) >= 11 is 0. The number of nitrogens with one attached hydrogen (secondary N) is 2. The van der Waals surface area contributed by atoms with Crippen molar-refractivity contribution in [3.05, 3.63) is 29.3 Å². The third-order valence-corrected chi connectivity index (χ3v) is 3.68. The fraction of sp³-hybridized carbons (Fsp3) is 0.500. The fourth-order valence-corrected chi connectivity index (χ4v) is 1.79. The van der Waals surface area contributed by atoms with Crippen molar-refractivity contribution >= 4 is 17.6 Å². The monoisotopic (exact) mass is 292 g/mol. The van der Waals surface area contributed by atoms with Gasteiger partial charge in [-0.1, -0.05) is 19.9 Å². The predicted octanol–water partition coefficient (Wildman–Crippen LogP) is 2.65. The van der Waals surface area contributed by atoms with E-state index in [1.807, 2.05) is 13.0 Å². The second-order valence-corrected chi connectivity index (χ2v) is 5.69. The zero-order valence-corrected chi connectivity index (χ0v) is 13.2. The largest absolute Gasteiger partial charge is 0.480 e. The number of carbonyl (C=O) groups excluding carboxylic acids is 1.